The van der Waals surface area contributed by atoms with E-state index in [0.717, 1.165) is 0 Å². The molecule has 0 aliphatic rings. The van der Waals surface area contributed by atoms with Gasteiger partial charge >= 0.3 is 9.76 Å². The highest BCUT2D eigenvalue weighted by Crippen LogP contribution is 1.42. The van der Waals surface area contributed by atoms with Gasteiger partial charge in [-0.15, -0.1) is 6.42 Å². The molecule has 0 aromatic rings. The van der Waals surface area contributed by atoms with Crippen molar-refractivity contribution in [3.05, 3.63) is 0 Å². The summed E-state index contributed by atoms with van der Waals surface area (Å²) in [6.45, 7) is 0. The lowest BCUT2D eigenvalue weighted by molar-refractivity contribution is 0.616. The lowest BCUT2D eigenvalue weighted by Crippen LogP contribution is -1.75. The predicted octanol–water partition coefficient (Wildman–Crippen LogP) is -0.808. The third-order valence-electron chi connectivity index (χ3n) is 0.191. The number of hydrogen-bond donors (Lipinski definition) is 1. The minimum Gasteiger partial charge on any atom is -0.421 e. The van der Waals surface area contributed by atoms with Crippen molar-refractivity contribution in [3.8, 4) is 23.8 Å². The smallest absolute Gasteiger partial charge is 0.331 e. The molecule has 0 unspecified atom stereocenters. The van der Waals surface area contributed by atoms with Crippen molar-refractivity contribution in [2.24, 2.45) is 0 Å². The lowest BCUT2D eigenvalue weighted by Gasteiger charge is -1.54. The standard InChI is InChI=1S/C4H2OSi/c1-2-3-4-6-5/h1,5H. The maximum absolute atomic E-state index is 7.96. The van der Waals surface area contributed by atoms with Crippen LogP contribution in [0, 0.1) is 23.8 Å². The first-order chi connectivity index (χ1) is 2.91. The highest BCUT2D eigenvalue weighted by atomic mass is 28.2. The molecule has 0 bridgehead atoms. The molecule has 0 amide bonds. The summed E-state index contributed by atoms with van der Waals surface area (Å²) in [5, 5.41) is 0. The van der Waals surface area contributed by atoms with Crippen LogP contribution in [0.15, 0.2) is 0 Å². The summed E-state index contributed by atoms with van der Waals surface area (Å²) in [6.07, 6.45) is 4.68. The number of hydrogen-bond acceptors (Lipinski definition) is 1. The van der Waals surface area contributed by atoms with Gasteiger partial charge in [-0.25, -0.2) is 0 Å². The molecule has 0 saturated heterocycles. The van der Waals surface area contributed by atoms with E-state index < -0.39 is 0 Å². The highest BCUT2D eigenvalue weighted by Gasteiger charge is 1.59. The minimum absolute atomic E-state index is 0.339. The van der Waals surface area contributed by atoms with Gasteiger partial charge in [0.05, 0.1) is 0 Å². The van der Waals surface area contributed by atoms with Gasteiger partial charge in [-0.1, -0.05) is 5.54 Å². The molecule has 0 aromatic carbocycles. The molecule has 0 aliphatic heterocycles. The van der Waals surface area contributed by atoms with Crippen molar-refractivity contribution in [2.75, 3.05) is 0 Å². The largest absolute Gasteiger partial charge is 0.421 e. The summed E-state index contributed by atoms with van der Waals surface area (Å²) in [6, 6.07) is 0. The molecule has 28 valence electrons. The fourth-order valence-corrected chi connectivity index (χ4v) is 0.192. The first-order valence-electron chi connectivity index (χ1n) is 1.26. The van der Waals surface area contributed by atoms with Crippen LogP contribution >= 0.6 is 0 Å². The van der Waals surface area contributed by atoms with E-state index in [1.54, 1.807) is 0 Å². The highest BCUT2D eigenvalue weighted by molar-refractivity contribution is 6.37. The zero-order chi connectivity index (χ0) is 4.83. The van der Waals surface area contributed by atoms with Crippen LogP contribution in [0.1, 0.15) is 0 Å². The molecule has 0 aliphatic carbocycles. The average molecular weight is 94.1 g/mol. The van der Waals surface area contributed by atoms with E-state index in [1.807, 2.05) is 0 Å². The topological polar surface area (TPSA) is 20.2 Å². The summed E-state index contributed by atoms with van der Waals surface area (Å²) in [5.74, 6) is 4.29. The van der Waals surface area contributed by atoms with Crippen molar-refractivity contribution < 1.29 is 4.80 Å². The van der Waals surface area contributed by atoms with E-state index in [0.29, 0.717) is 0 Å². The van der Waals surface area contributed by atoms with Gasteiger partial charge in [-0.2, -0.15) is 0 Å². The zero-order valence-corrected chi connectivity index (χ0v) is 4.02. The molecule has 0 heterocycles. The lowest BCUT2D eigenvalue weighted by atomic mass is 10.7. The van der Waals surface area contributed by atoms with Crippen molar-refractivity contribution in [1.82, 2.24) is 0 Å². The van der Waals surface area contributed by atoms with Crippen molar-refractivity contribution >= 4 is 9.76 Å². The summed E-state index contributed by atoms with van der Waals surface area (Å²) >= 11 is 0. The molecule has 0 saturated carbocycles. The number of rotatable bonds is 0. The Morgan fingerprint density at radius 1 is 1.67 bits per heavy atom. The SMILES string of the molecule is C#CC#C[Si]O. The van der Waals surface area contributed by atoms with Gasteiger partial charge in [-0.3, -0.25) is 0 Å². The Balaban J connectivity index is 3.22. The second-order valence-corrected chi connectivity index (χ2v) is 0.980. The molecular formula is C4H2OSi. The predicted molar refractivity (Wildman–Crippen MR) is 24.6 cm³/mol. The third kappa shape index (κ3) is 3.30. The molecule has 0 rings (SSSR count). The first-order valence-corrected chi connectivity index (χ1v) is 2.21. The fourth-order valence-electron chi connectivity index (χ4n) is 0.0640. The summed E-state index contributed by atoms with van der Waals surface area (Å²) in [7, 11) is -0.339. The van der Waals surface area contributed by atoms with E-state index in [1.165, 1.54) is 0 Å². The summed E-state index contributed by atoms with van der Waals surface area (Å²) < 4.78 is 0. The van der Waals surface area contributed by atoms with Gasteiger partial charge in [-0.05, 0) is 11.8 Å². The molecule has 0 atom stereocenters. The average Bonchev–Trinajstić information content (AvgIpc) is 1.61. The molecule has 2 radical (unpaired) electrons. The first kappa shape index (κ1) is 5.30. The van der Waals surface area contributed by atoms with Crippen LogP contribution in [-0.2, 0) is 0 Å². The van der Waals surface area contributed by atoms with Gasteiger partial charge in [0.2, 0.25) is 0 Å². The van der Waals surface area contributed by atoms with Gasteiger partial charge in [0.1, 0.15) is 0 Å². The molecule has 2 heteroatoms. The van der Waals surface area contributed by atoms with Crippen LogP contribution in [0.5, 0.6) is 0 Å². The molecule has 1 nitrogen and oxygen atoms in total. The van der Waals surface area contributed by atoms with E-state index in [9.17, 15) is 0 Å². The molecule has 0 spiro atoms. The molecule has 0 fully saturated rings. The molecule has 1 N–H and O–H groups in total. The Hall–Kier alpha value is -0.703. The Morgan fingerprint density at radius 3 is 2.50 bits per heavy atom. The summed E-state index contributed by atoms with van der Waals surface area (Å²) in [4.78, 5) is 7.96. The monoisotopic (exact) mass is 94.0 g/mol. The van der Waals surface area contributed by atoms with Crippen LogP contribution in [0.25, 0.3) is 0 Å². The maximum atomic E-state index is 7.96. The third-order valence-corrected chi connectivity index (χ3v) is 0.427. The quantitative estimate of drug-likeness (QED) is 0.307. The van der Waals surface area contributed by atoms with Gasteiger partial charge < -0.3 is 4.80 Å². The molecule has 0 aromatic heterocycles. The molecular weight excluding hydrogens is 92.1 g/mol. The van der Waals surface area contributed by atoms with E-state index in [2.05, 4.69) is 23.8 Å². The van der Waals surface area contributed by atoms with Crippen molar-refractivity contribution in [3.63, 3.8) is 0 Å². The van der Waals surface area contributed by atoms with Crippen LogP contribution in [0.3, 0.4) is 0 Å². The van der Waals surface area contributed by atoms with E-state index in [4.69, 9.17) is 4.80 Å². The molecule has 6 heavy (non-hydrogen) atoms. The van der Waals surface area contributed by atoms with Gasteiger partial charge in [0.15, 0.2) is 0 Å². The Labute approximate surface area is 39.3 Å². The Kier molecular flexibility index (Phi) is 3.79. The minimum atomic E-state index is -0.339. The zero-order valence-electron chi connectivity index (χ0n) is 3.02. The van der Waals surface area contributed by atoms with Crippen LogP contribution < -0.4 is 0 Å². The van der Waals surface area contributed by atoms with Gasteiger partial charge in [0.25, 0.3) is 0 Å². The van der Waals surface area contributed by atoms with Crippen LogP contribution in [0.2, 0.25) is 0 Å². The second kappa shape index (κ2) is 4.30. The Bertz CT molecular complexity index is 112. The second-order valence-electron chi connectivity index (χ2n) is 0.506. The fraction of sp³-hybridized carbons (Fsp3) is 0. The van der Waals surface area contributed by atoms with Crippen LogP contribution in [0.4, 0.5) is 0 Å². The van der Waals surface area contributed by atoms with Crippen LogP contribution in [-0.4, -0.2) is 14.6 Å². The van der Waals surface area contributed by atoms with Gasteiger partial charge in [0, 0.05) is 0 Å². The van der Waals surface area contributed by atoms with E-state index in [-0.39, 0.29) is 9.76 Å². The van der Waals surface area contributed by atoms with E-state index >= 15 is 0 Å². The number of terminal acetylenes is 1. The normalized spacial score (nSPS) is 4.67. The summed E-state index contributed by atoms with van der Waals surface area (Å²) in [5.41, 5.74) is 2.30. The maximum Gasteiger partial charge on any atom is 0.331 e. The van der Waals surface area contributed by atoms with Crippen molar-refractivity contribution in [1.29, 1.82) is 0 Å². The Morgan fingerprint density at radius 2 is 2.33 bits per heavy atom. The van der Waals surface area contributed by atoms with Crippen molar-refractivity contribution in [2.45, 2.75) is 0 Å².